The van der Waals surface area contributed by atoms with Crippen LogP contribution in [0, 0.1) is 13.8 Å². The molecule has 0 saturated carbocycles. The predicted molar refractivity (Wildman–Crippen MR) is 130 cm³/mol. The maximum Gasteiger partial charge on any atom is 0.253 e. The summed E-state index contributed by atoms with van der Waals surface area (Å²) in [5, 5.41) is 3.09. The lowest BCUT2D eigenvalue weighted by Crippen LogP contribution is -2.26. The molecule has 4 rings (SSSR count). The molecule has 4 nitrogen and oxygen atoms in total. The Balaban J connectivity index is 1.66. The van der Waals surface area contributed by atoms with Crippen LogP contribution in [0.3, 0.4) is 0 Å². The van der Waals surface area contributed by atoms with Crippen LogP contribution in [-0.4, -0.2) is 24.1 Å². The van der Waals surface area contributed by atoms with Crippen molar-refractivity contribution < 1.29 is 9.53 Å². The summed E-state index contributed by atoms with van der Waals surface area (Å²) in [6, 6.07) is 28.5. The van der Waals surface area contributed by atoms with Gasteiger partial charge in [0.25, 0.3) is 5.91 Å². The van der Waals surface area contributed by atoms with Gasteiger partial charge in [-0.2, -0.15) is 0 Å². The van der Waals surface area contributed by atoms with Gasteiger partial charge >= 0.3 is 0 Å². The number of nitrogens with one attached hydrogen (secondary N) is 1. The molecular weight excluding hydrogens is 396 g/mol. The van der Waals surface area contributed by atoms with E-state index in [1.807, 2.05) is 55.5 Å². The average molecular weight is 425 g/mol. The minimum atomic E-state index is -0.0564. The molecule has 4 heteroatoms. The van der Waals surface area contributed by atoms with Crippen LogP contribution in [0.1, 0.15) is 27.2 Å². The highest BCUT2D eigenvalue weighted by molar-refractivity contribution is 5.97. The van der Waals surface area contributed by atoms with Gasteiger partial charge in [-0.05, 0) is 73.9 Å². The lowest BCUT2D eigenvalue weighted by Gasteiger charge is -2.13. The second-order valence-corrected chi connectivity index (χ2v) is 7.92. The number of amides is 1. The van der Waals surface area contributed by atoms with Gasteiger partial charge in [0.05, 0.1) is 18.4 Å². The van der Waals surface area contributed by atoms with E-state index in [1.54, 1.807) is 7.11 Å². The van der Waals surface area contributed by atoms with E-state index in [-0.39, 0.29) is 5.91 Å². The molecule has 0 aliphatic carbocycles. The number of carbonyl (C=O) groups is 1. The van der Waals surface area contributed by atoms with Gasteiger partial charge in [-0.15, -0.1) is 0 Å². The van der Waals surface area contributed by atoms with Gasteiger partial charge in [0.1, 0.15) is 5.75 Å². The van der Waals surface area contributed by atoms with E-state index >= 15 is 0 Å². The molecule has 0 saturated heterocycles. The number of hydrogen-bond donors (Lipinski definition) is 1. The van der Waals surface area contributed by atoms with Crippen molar-refractivity contribution in [2.24, 2.45) is 0 Å². The Hall–Kier alpha value is -3.79. The van der Waals surface area contributed by atoms with E-state index in [0.717, 1.165) is 34.8 Å². The number of hydrogen-bond acceptors (Lipinski definition) is 2. The summed E-state index contributed by atoms with van der Waals surface area (Å²) in [5.74, 6) is 0.747. The summed E-state index contributed by atoms with van der Waals surface area (Å²) in [7, 11) is 1.66. The Labute approximate surface area is 189 Å². The standard InChI is InChI=1S/C28H28N2O2/c1-20-9-13-24(14-10-20)30-21(2)26(19-27(30)23-11-15-25(32-3)16-12-23)28(31)29-18-17-22-7-5-4-6-8-22/h4-16,19H,17-18H2,1-3H3,(H,29,31). The number of aryl methyl sites for hydroxylation is 1. The molecule has 162 valence electrons. The van der Waals surface area contributed by atoms with Crippen molar-refractivity contribution >= 4 is 5.91 Å². The van der Waals surface area contributed by atoms with Crippen LogP contribution in [0.5, 0.6) is 5.75 Å². The zero-order valence-corrected chi connectivity index (χ0v) is 18.8. The molecule has 0 bridgehead atoms. The highest BCUT2D eigenvalue weighted by Gasteiger charge is 2.19. The first-order valence-electron chi connectivity index (χ1n) is 10.8. The molecule has 0 spiro atoms. The number of rotatable bonds is 7. The molecule has 0 unspecified atom stereocenters. The van der Waals surface area contributed by atoms with E-state index < -0.39 is 0 Å². The van der Waals surface area contributed by atoms with Crippen LogP contribution >= 0.6 is 0 Å². The van der Waals surface area contributed by atoms with E-state index in [4.69, 9.17) is 4.74 Å². The minimum Gasteiger partial charge on any atom is -0.497 e. The smallest absolute Gasteiger partial charge is 0.253 e. The van der Waals surface area contributed by atoms with Crippen molar-refractivity contribution in [1.82, 2.24) is 9.88 Å². The van der Waals surface area contributed by atoms with Crippen molar-refractivity contribution in [1.29, 1.82) is 0 Å². The fourth-order valence-corrected chi connectivity index (χ4v) is 3.90. The SMILES string of the molecule is COc1ccc(-c2cc(C(=O)NCCc3ccccc3)c(C)n2-c2ccc(C)cc2)cc1. The van der Waals surface area contributed by atoms with Crippen molar-refractivity contribution in [3.63, 3.8) is 0 Å². The van der Waals surface area contributed by atoms with Crippen LogP contribution in [0.25, 0.3) is 16.9 Å². The topological polar surface area (TPSA) is 43.3 Å². The predicted octanol–water partition coefficient (Wildman–Crippen LogP) is 5.74. The fourth-order valence-electron chi connectivity index (χ4n) is 3.90. The largest absolute Gasteiger partial charge is 0.497 e. The lowest BCUT2D eigenvalue weighted by molar-refractivity contribution is 0.0953. The van der Waals surface area contributed by atoms with Gasteiger partial charge in [-0.25, -0.2) is 0 Å². The maximum atomic E-state index is 13.1. The molecular formula is C28H28N2O2. The van der Waals surface area contributed by atoms with Gasteiger partial charge in [0.15, 0.2) is 0 Å². The van der Waals surface area contributed by atoms with Gasteiger partial charge in [-0.1, -0.05) is 48.0 Å². The first-order chi connectivity index (χ1) is 15.6. The second-order valence-electron chi connectivity index (χ2n) is 7.92. The van der Waals surface area contributed by atoms with Crippen molar-refractivity contribution in [2.45, 2.75) is 20.3 Å². The van der Waals surface area contributed by atoms with Gasteiger partial charge in [0, 0.05) is 17.9 Å². The highest BCUT2D eigenvalue weighted by atomic mass is 16.5. The summed E-state index contributed by atoms with van der Waals surface area (Å²) >= 11 is 0. The summed E-state index contributed by atoms with van der Waals surface area (Å²) < 4.78 is 7.46. The Kier molecular flexibility index (Phi) is 6.41. The van der Waals surface area contributed by atoms with Crippen molar-refractivity contribution in [3.8, 4) is 22.7 Å². The van der Waals surface area contributed by atoms with E-state index in [0.29, 0.717) is 12.1 Å². The summed E-state index contributed by atoms with van der Waals surface area (Å²) in [4.78, 5) is 13.1. The molecule has 4 aromatic rings. The lowest BCUT2D eigenvalue weighted by atomic mass is 10.1. The first-order valence-corrected chi connectivity index (χ1v) is 10.8. The summed E-state index contributed by atoms with van der Waals surface area (Å²) in [6.45, 7) is 4.66. The molecule has 0 aliphatic rings. The zero-order chi connectivity index (χ0) is 22.5. The number of aromatic nitrogens is 1. The zero-order valence-electron chi connectivity index (χ0n) is 18.8. The number of ether oxygens (including phenoxy) is 1. The third kappa shape index (κ3) is 4.59. The first kappa shape index (κ1) is 21.4. The fraction of sp³-hybridized carbons (Fsp3) is 0.179. The van der Waals surface area contributed by atoms with E-state index in [9.17, 15) is 4.79 Å². The van der Waals surface area contributed by atoms with Crippen LogP contribution in [0.2, 0.25) is 0 Å². The van der Waals surface area contributed by atoms with Crippen LogP contribution in [0.4, 0.5) is 0 Å². The third-order valence-corrected chi connectivity index (χ3v) is 5.71. The highest BCUT2D eigenvalue weighted by Crippen LogP contribution is 2.31. The number of methoxy groups -OCH3 is 1. The van der Waals surface area contributed by atoms with Crippen LogP contribution < -0.4 is 10.1 Å². The van der Waals surface area contributed by atoms with Gasteiger partial charge in [0.2, 0.25) is 0 Å². The number of carbonyl (C=O) groups excluding carboxylic acids is 1. The number of nitrogens with zero attached hydrogens (tertiary/aromatic N) is 1. The average Bonchev–Trinajstić information content (AvgIpc) is 3.17. The minimum absolute atomic E-state index is 0.0564. The molecule has 1 N–H and O–H groups in total. The molecule has 0 fully saturated rings. The molecule has 0 atom stereocenters. The molecule has 3 aromatic carbocycles. The van der Waals surface area contributed by atoms with Crippen molar-refractivity contribution in [3.05, 3.63) is 107 Å². The second kappa shape index (κ2) is 9.56. The Morgan fingerprint density at radius 2 is 1.59 bits per heavy atom. The molecule has 32 heavy (non-hydrogen) atoms. The molecule has 0 aliphatic heterocycles. The molecule has 1 aromatic heterocycles. The van der Waals surface area contributed by atoms with E-state index in [2.05, 4.69) is 53.2 Å². The molecule has 1 amide bonds. The monoisotopic (exact) mass is 424 g/mol. The van der Waals surface area contributed by atoms with E-state index in [1.165, 1.54) is 11.1 Å². The Morgan fingerprint density at radius 1 is 0.906 bits per heavy atom. The normalized spacial score (nSPS) is 10.7. The summed E-state index contributed by atoms with van der Waals surface area (Å²) in [6.07, 6.45) is 0.801. The quantitative estimate of drug-likeness (QED) is 0.411. The third-order valence-electron chi connectivity index (χ3n) is 5.71. The van der Waals surface area contributed by atoms with Crippen molar-refractivity contribution in [2.75, 3.05) is 13.7 Å². The van der Waals surface area contributed by atoms with Gasteiger partial charge < -0.3 is 14.6 Å². The maximum absolute atomic E-state index is 13.1. The van der Waals surface area contributed by atoms with Crippen LogP contribution in [0.15, 0.2) is 84.9 Å². The number of benzene rings is 3. The Bertz CT molecular complexity index is 1190. The van der Waals surface area contributed by atoms with Gasteiger partial charge in [-0.3, -0.25) is 4.79 Å². The van der Waals surface area contributed by atoms with Crippen LogP contribution in [-0.2, 0) is 6.42 Å². The summed E-state index contributed by atoms with van der Waals surface area (Å²) in [5.41, 5.74) is 7.03. The Morgan fingerprint density at radius 3 is 2.25 bits per heavy atom. The molecule has 1 heterocycles. The molecule has 0 radical (unpaired) electrons.